The Bertz CT molecular complexity index is 586. The van der Waals surface area contributed by atoms with Crippen LogP contribution in [0.2, 0.25) is 0 Å². The van der Waals surface area contributed by atoms with Crippen LogP contribution >= 0.6 is 35.0 Å². The van der Waals surface area contributed by atoms with E-state index in [1.54, 1.807) is 0 Å². The Hall–Kier alpha value is -0.810. The van der Waals surface area contributed by atoms with Crippen molar-refractivity contribution in [3.63, 3.8) is 0 Å². The molecule has 0 aliphatic carbocycles. The number of rotatable bonds is 11. The smallest absolute Gasteiger partial charge is 0.255 e. The molecule has 1 heterocycles. The van der Waals surface area contributed by atoms with E-state index in [1.165, 1.54) is 0 Å². The molecule has 0 unspecified atom stereocenters. The number of nitrogens with two attached hydrogens (primary N) is 1. The maximum atomic E-state index is 11.0. The summed E-state index contributed by atoms with van der Waals surface area (Å²) in [7, 11) is 0. The van der Waals surface area contributed by atoms with Crippen LogP contribution < -0.4 is 20.5 Å². The Kier molecular flexibility index (Phi) is 12.0. The van der Waals surface area contributed by atoms with Gasteiger partial charge in [0.25, 0.3) is 5.91 Å². The minimum Gasteiger partial charge on any atom is -0.490 e. The standard InChI is InChI=1S/C18H28IN3O4.ClH/c1-2-25-16-11-14(10-15(19)18(16)26-13-17(20)23)12-21-4-3-5-22-6-8-24-9-7-22;/h10-11,21H,2-9,12-13H2,1H3,(H2,20,23);1H. The molecule has 1 aromatic rings. The number of nitrogens with one attached hydrogen (secondary N) is 1. The van der Waals surface area contributed by atoms with Crippen molar-refractivity contribution < 1.29 is 19.0 Å². The lowest BCUT2D eigenvalue weighted by atomic mass is 10.2. The third-order valence-corrected chi connectivity index (χ3v) is 4.79. The molecule has 1 aliphatic rings. The maximum absolute atomic E-state index is 11.0. The molecule has 1 aliphatic heterocycles. The summed E-state index contributed by atoms with van der Waals surface area (Å²) in [6.07, 6.45) is 1.11. The summed E-state index contributed by atoms with van der Waals surface area (Å²) in [6.45, 7) is 8.85. The van der Waals surface area contributed by atoms with Crippen LogP contribution in [-0.2, 0) is 16.1 Å². The van der Waals surface area contributed by atoms with Crippen molar-refractivity contribution in [3.05, 3.63) is 21.3 Å². The monoisotopic (exact) mass is 513 g/mol. The molecule has 154 valence electrons. The third-order valence-electron chi connectivity index (χ3n) is 3.99. The zero-order valence-corrected chi connectivity index (χ0v) is 18.6. The molecule has 0 bridgehead atoms. The molecule has 0 radical (unpaired) electrons. The minimum atomic E-state index is -0.505. The molecule has 0 saturated carbocycles. The molecule has 1 saturated heterocycles. The van der Waals surface area contributed by atoms with Gasteiger partial charge in [-0.05, 0) is 66.7 Å². The van der Waals surface area contributed by atoms with Gasteiger partial charge in [-0.3, -0.25) is 9.69 Å². The van der Waals surface area contributed by atoms with Gasteiger partial charge in [0.2, 0.25) is 0 Å². The van der Waals surface area contributed by atoms with Gasteiger partial charge in [0.05, 0.1) is 23.4 Å². The van der Waals surface area contributed by atoms with Crippen LogP contribution in [0.5, 0.6) is 11.5 Å². The first-order valence-corrected chi connectivity index (χ1v) is 10.0. The number of nitrogens with zero attached hydrogens (tertiary/aromatic N) is 1. The number of hydrogen-bond acceptors (Lipinski definition) is 6. The number of amides is 1. The summed E-state index contributed by atoms with van der Waals surface area (Å²) in [5.74, 6) is 0.711. The van der Waals surface area contributed by atoms with Crippen molar-refractivity contribution in [3.8, 4) is 11.5 Å². The summed E-state index contributed by atoms with van der Waals surface area (Å²) in [6, 6.07) is 3.99. The maximum Gasteiger partial charge on any atom is 0.255 e. The Labute approximate surface area is 180 Å². The first-order chi connectivity index (χ1) is 12.6. The minimum absolute atomic E-state index is 0. The van der Waals surface area contributed by atoms with Gasteiger partial charge in [0.15, 0.2) is 18.1 Å². The van der Waals surface area contributed by atoms with Gasteiger partial charge in [-0.1, -0.05) is 0 Å². The van der Waals surface area contributed by atoms with Crippen LogP contribution in [-0.4, -0.2) is 63.4 Å². The first kappa shape index (κ1) is 24.2. The number of halogens is 2. The van der Waals surface area contributed by atoms with Crippen LogP contribution in [0.25, 0.3) is 0 Å². The van der Waals surface area contributed by atoms with E-state index in [4.69, 9.17) is 19.9 Å². The molecule has 1 amide bonds. The molecule has 7 nitrogen and oxygen atoms in total. The highest BCUT2D eigenvalue weighted by Gasteiger charge is 2.13. The van der Waals surface area contributed by atoms with Crippen molar-refractivity contribution in [2.24, 2.45) is 5.73 Å². The highest BCUT2D eigenvalue weighted by Crippen LogP contribution is 2.34. The lowest BCUT2D eigenvalue weighted by Gasteiger charge is -2.26. The van der Waals surface area contributed by atoms with Gasteiger partial charge in [-0.15, -0.1) is 12.4 Å². The lowest BCUT2D eigenvalue weighted by Crippen LogP contribution is -2.37. The molecule has 1 fully saturated rings. The second-order valence-corrected chi connectivity index (χ2v) is 7.24. The van der Waals surface area contributed by atoms with Gasteiger partial charge in [0.1, 0.15) is 0 Å². The number of carbonyl (C=O) groups is 1. The zero-order chi connectivity index (χ0) is 18.8. The highest BCUT2D eigenvalue weighted by molar-refractivity contribution is 14.1. The molecule has 0 atom stereocenters. The quantitative estimate of drug-likeness (QED) is 0.347. The van der Waals surface area contributed by atoms with Crippen LogP contribution in [0.1, 0.15) is 18.9 Å². The predicted molar refractivity (Wildman–Crippen MR) is 116 cm³/mol. The van der Waals surface area contributed by atoms with Crippen molar-refractivity contribution >= 4 is 40.9 Å². The van der Waals surface area contributed by atoms with E-state index in [0.717, 1.165) is 61.5 Å². The Morgan fingerprint density at radius 1 is 1.33 bits per heavy atom. The van der Waals surface area contributed by atoms with Gasteiger partial charge in [-0.25, -0.2) is 0 Å². The second kappa shape index (κ2) is 13.4. The predicted octanol–water partition coefficient (Wildman–Crippen LogP) is 1.79. The van der Waals surface area contributed by atoms with Crippen LogP contribution in [0.4, 0.5) is 0 Å². The van der Waals surface area contributed by atoms with Crippen molar-refractivity contribution in [1.82, 2.24) is 10.2 Å². The van der Waals surface area contributed by atoms with E-state index in [1.807, 2.05) is 19.1 Å². The Morgan fingerprint density at radius 2 is 2.07 bits per heavy atom. The summed E-state index contributed by atoms with van der Waals surface area (Å²) < 4.78 is 17.4. The van der Waals surface area contributed by atoms with E-state index in [0.29, 0.717) is 18.1 Å². The summed E-state index contributed by atoms with van der Waals surface area (Å²) >= 11 is 2.19. The van der Waals surface area contributed by atoms with Crippen molar-refractivity contribution in [1.29, 1.82) is 0 Å². The van der Waals surface area contributed by atoms with E-state index < -0.39 is 5.91 Å². The number of hydrogen-bond donors (Lipinski definition) is 2. The number of ether oxygens (including phenoxy) is 3. The molecule has 0 spiro atoms. The van der Waals surface area contributed by atoms with E-state index in [9.17, 15) is 4.79 Å². The molecule has 1 aromatic carbocycles. The second-order valence-electron chi connectivity index (χ2n) is 6.08. The topological polar surface area (TPSA) is 86.1 Å². The highest BCUT2D eigenvalue weighted by atomic mass is 127. The first-order valence-electron chi connectivity index (χ1n) is 8.97. The fourth-order valence-corrected chi connectivity index (χ4v) is 3.58. The molecule has 3 N–H and O–H groups in total. The van der Waals surface area contributed by atoms with E-state index in [2.05, 4.69) is 32.8 Å². The molecular weight excluding hydrogens is 485 g/mol. The zero-order valence-electron chi connectivity index (χ0n) is 15.7. The fraction of sp³-hybridized carbons (Fsp3) is 0.611. The number of carbonyl (C=O) groups excluding carboxylic acids is 1. The van der Waals surface area contributed by atoms with Crippen LogP contribution in [0.3, 0.4) is 0 Å². The normalized spacial score (nSPS) is 14.4. The molecular formula is C18H29ClIN3O4. The summed E-state index contributed by atoms with van der Waals surface area (Å²) in [5, 5.41) is 3.48. The number of primary amides is 1. The summed E-state index contributed by atoms with van der Waals surface area (Å²) in [4.78, 5) is 13.4. The van der Waals surface area contributed by atoms with Crippen LogP contribution in [0, 0.1) is 3.57 Å². The largest absolute Gasteiger partial charge is 0.490 e. The third kappa shape index (κ3) is 8.82. The fourth-order valence-electron chi connectivity index (χ4n) is 2.75. The Balaban J connectivity index is 0.00000364. The van der Waals surface area contributed by atoms with Gasteiger partial charge >= 0.3 is 0 Å². The Morgan fingerprint density at radius 3 is 2.74 bits per heavy atom. The van der Waals surface area contributed by atoms with Crippen molar-refractivity contribution in [2.45, 2.75) is 19.9 Å². The van der Waals surface area contributed by atoms with Crippen molar-refractivity contribution in [2.75, 3.05) is 52.6 Å². The molecule has 0 aromatic heterocycles. The summed E-state index contributed by atoms with van der Waals surface area (Å²) in [5.41, 5.74) is 6.29. The van der Waals surface area contributed by atoms with E-state index in [-0.39, 0.29) is 19.0 Å². The van der Waals surface area contributed by atoms with Crippen LogP contribution in [0.15, 0.2) is 12.1 Å². The van der Waals surface area contributed by atoms with Gasteiger partial charge < -0.3 is 25.3 Å². The number of benzene rings is 1. The average molecular weight is 514 g/mol. The molecule has 2 rings (SSSR count). The molecule has 27 heavy (non-hydrogen) atoms. The number of morpholine rings is 1. The lowest BCUT2D eigenvalue weighted by molar-refractivity contribution is -0.119. The van der Waals surface area contributed by atoms with Gasteiger partial charge in [0, 0.05) is 19.6 Å². The van der Waals surface area contributed by atoms with Gasteiger partial charge in [-0.2, -0.15) is 0 Å². The molecule has 9 heteroatoms. The SMILES string of the molecule is CCOc1cc(CNCCCN2CCOCC2)cc(I)c1OCC(N)=O.Cl. The van der Waals surface area contributed by atoms with E-state index >= 15 is 0 Å². The average Bonchev–Trinajstić information content (AvgIpc) is 2.61.